The molecule has 0 spiro atoms. The van der Waals surface area contributed by atoms with E-state index in [1.165, 1.54) is 0 Å². The first-order valence-corrected chi connectivity index (χ1v) is 7.26. The van der Waals surface area contributed by atoms with E-state index in [4.69, 9.17) is 4.74 Å². The molecule has 3 rings (SSSR count). The lowest BCUT2D eigenvalue weighted by Gasteiger charge is -2.28. The van der Waals surface area contributed by atoms with Crippen molar-refractivity contribution in [2.75, 3.05) is 37.0 Å². The number of halogens is 2. The van der Waals surface area contributed by atoms with Gasteiger partial charge in [0.1, 0.15) is 12.4 Å². The lowest BCUT2D eigenvalue weighted by molar-refractivity contribution is -0.118. The number of carbonyl (C=O) groups excluding carboxylic acids is 1. The Morgan fingerprint density at radius 1 is 1.36 bits per heavy atom. The van der Waals surface area contributed by atoms with Gasteiger partial charge >= 0.3 is 0 Å². The fourth-order valence-corrected chi connectivity index (χ4v) is 2.73. The first-order chi connectivity index (χ1) is 9.74. The summed E-state index contributed by atoms with van der Waals surface area (Å²) in [7, 11) is 2.04. The first kappa shape index (κ1) is 18.9. The standard InChI is InChI=1S/C15H21N3O2.2ClH/c1-18-8-9-20-14-6-5-11(10-13(14)18)17-15(19)12-4-2-3-7-16-12;;/h5-6,10,12,16H,2-4,7-9H2,1H3,(H,17,19);2*1H/t12-;;/m1../s1. The van der Waals surface area contributed by atoms with E-state index in [0.717, 1.165) is 49.5 Å². The molecule has 22 heavy (non-hydrogen) atoms. The molecule has 1 saturated heterocycles. The second kappa shape index (κ2) is 8.46. The van der Waals surface area contributed by atoms with E-state index in [-0.39, 0.29) is 36.8 Å². The average Bonchev–Trinajstić information content (AvgIpc) is 2.49. The Kier molecular flexibility index (Phi) is 7.26. The van der Waals surface area contributed by atoms with Gasteiger partial charge in [-0.2, -0.15) is 0 Å². The molecule has 1 aromatic carbocycles. The summed E-state index contributed by atoms with van der Waals surface area (Å²) in [6.07, 6.45) is 3.19. The van der Waals surface area contributed by atoms with Gasteiger partial charge in [0.05, 0.1) is 18.3 Å². The number of ether oxygens (including phenoxy) is 1. The lowest BCUT2D eigenvalue weighted by Crippen LogP contribution is -2.43. The molecule has 0 unspecified atom stereocenters. The number of amides is 1. The number of benzene rings is 1. The molecule has 1 amide bonds. The Balaban J connectivity index is 0.00000121. The number of likely N-dealkylation sites (N-methyl/N-ethyl adjacent to an activating group) is 1. The summed E-state index contributed by atoms with van der Waals surface area (Å²) in [6.45, 7) is 2.51. The molecule has 1 fully saturated rings. The molecular weight excluding hydrogens is 325 g/mol. The van der Waals surface area contributed by atoms with Crippen molar-refractivity contribution in [3.05, 3.63) is 18.2 Å². The summed E-state index contributed by atoms with van der Waals surface area (Å²) in [5.41, 5.74) is 1.86. The van der Waals surface area contributed by atoms with Crippen LogP contribution in [0.3, 0.4) is 0 Å². The minimum atomic E-state index is -0.0613. The van der Waals surface area contributed by atoms with Crippen LogP contribution in [0.25, 0.3) is 0 Å². The fourth-order valence-electron chi connectivity index (χ4n) is 2.73. The molecule has 2 N–H and O–H groups in total. The highest BCUT2D eigenvalue weighted by Crippen LogP contribution is 2.33. The maximum Gasteiger partial charge on any atom is 0.241 e. The Bertz CT molecular complexity index is 508. The summed E-state index contributed by atoms with van der Waals surface area (Å²) in [5, 5.41) is 6.26. The smallest absolute Gasteiger partial charge is 0.241 e. The van der Waals surface area contributed by atoms with Crippen LogP contribution in [0.4, 0.5) is 11.4 Å². The van der Waals surface area contributed by atoms with Crippen LogP contribution >= 0.6 is 24.8 Å². The minimum Gasteiger partial charge on any atom is -0.490 e. The zero-order valence-corrected chi connectivity index (χ0v) is 14.3. The molecule has 0 bridgehead atoms. The summed E-state index contributed by atoms with van der Waals surface area (Å²) in [4.78, 5) is 14.3. The number of hydrogen-bond acceptors (Lipinski definition) is 4. The summed E-state index contributed by atoms with van der Waals surface area (Å²) in [6, 6.07) is 5.75. The van der Waals surface area contributed by atoms with Crippen LogP contribution in [-0.2, 0) is 4.79 Å². The van der Waals surface area contributed by atoms with E-state index in [0.29, 0.717) is 6.61 Å². The highest BCUT2D eigenvalue weighted by Gasteiger charge is 2.21. The third-order valence-corrected chi connectivity index (χ3v) is 3.95. The van der Waals surface area contributed by atoms with Gasteiger partial charge in [-0.15, -0.1) is 24.8 Å². The van der Waals surface area contributed by atoms with Crippen LogP contribution in [-0.4, -0.2) is 38.7 Å². The van der Waals surface area contributed by atoms with Crippen LogP contribution in [0, 0.1) is 0 Å². The van der Waals surface area contributed by atoms with Gasteiger partial charge in [-0.25, -0.2) is 0 Å². The fraction of sp³-hybridized carbons (Fsp3) is 0.533. The second-order valence-electron chi connectivity index (χ2n) is 5.44. The number of anilines is 2. The van der Waals surface area contributed by atoms with Crippen LogP contribution in [0.15, 0.2) is 18.2 Å². The molecule has 2 aliphatic rings. The van der Waals surface area contributed by atoms with Crippen molar-refractivity contribution in [2.45, 2.75) is 25.3 Å². The van der Waals surface area contributed by atoms with Crippen LogP contribution < -0.4 is 20.3 Å². The first-order valence-electron chi connectivity index (χ1n) is 7.26. The number of piperidine rings is 1. The highest BCUT2D eigenvalue weighted by molar-refractivity contribution is 5.95. The van der Waals surface area contributed by atoms with Gasteiger partial charge in [0.2, 0.25) is 5.91 Å². The van der Waals surface area contributed by atoms with Crippen LogP contribution in [0.5, 0.6) is 5.75 Å². The topological polar surface area (TPSA) is 53.6 Å². The van der Waals surface area contributed by atoms with Crippen molar-refractivity contribution >= 4 is 42.1 Å². The third kappa shape index (κ3) is 4.18. The van der Waals surface area contributed by atoms with E-state index in [2.05, 4.69) is 15.5 Å². The van der Waals surface area contributed by atoms with E-state index < -0.39 is 0 Å². The molecule has 0 aliphatic carbocycles. The van der Waals surface area contributed by atoms with E-state index >= 15 is 0 Å². The third-order valence-electron chi connectivity index (χ3n) is 3.95. The SMILES string of the molecule is CN1CCOc2ccc(NC(=O)[C@H]3CCCCN3)cc21.Cl.Cl. The van der Waals surface area contributed by atoms with Crippen molar-refractivity contribution in [3.8, 4) is 5.75 Å². The minimum absolute atomic E-state index is 0. The van der Waals surface area contributed by atoms with Gasteiger partial charge in [-0.3, -0.25) is 4.79 Å². The van der Waals surface area contributed by atoms with Gasteiger partial charge in [-0.05, 0) is 37.6 Å². The molecule has 124 valence electrons. The van der Waals surface area contributed by atoms with E-state index in [1.807, 2.05) is 25.2 Å². The molecular formula is C15H23Cl2N3O2. The number of fused-ring (bicyclic) bond motifs is 1. The van der Waals surface area contributed by atoms with Gasteiger partial charge in [0, 0.05) is 12.7 Å². The summed E-state index contributed by atoms with van der Waals surface area (Å²) < 4.78 is 5.60. The van der Waals surface area contributed by atoms with Gasteiger partial charge < -0.3 is 20.3 Å². The molecule has 5 nitrogen and oxygen atoms in total. The number of nitrogens with one attached hydrogen (secondary N) is 2. The second-order valence-corrected chi connectivity index (χ2v) is 5.44. The monoisotopic (exact) mass is 347 g/mol. The molecule has 7 heteroatoms. The molecule has 0 saturated carbocycles. The maximum atomic E-state index is 12.2. The number of rotatable bonds is 2. The zero-order chi connectivity index (χ0) is 13.9. The van der Waals surface area contributed by atoms with Gasteiger partial charge in [0.25, 0.3) is 0 Å². The molecule has 2 heterocycles. The molecule has 0 radical (unpaired) electrons. The number of carbonyl (C=O) groups is 1. The summed E-state index contributed by atoms with van der Waals surface area (Å²) >= 11 is 0. The zero-order valence-electron chi connectivity index (χ0n) is 12.6. The Hall–Kier alpha value is -1.17. The van der Waals surface area contributed by atoms with Crippen LogP contribution in [0.1, 0.15) is 19.3 Å². The Morgan fingerprint density at radius 3 is 2.91 bits per heavy atom. The highest BCUT2D eigenvalue weighted by atomic mass is 35.5. The lowest BCUT2D eigenvalue weighted by atomic mass is 10.0. The molecule has 0 aromatic heterocycles. The van der Waals surface area contributed by atoms with Crippen molar-refractivity contribution < 1.29 is 9.53 Å². The maximum absolute atomic E-state index is 12.2. The van der Waals surface area contributed by atoms with Crippen molar-refractivity contribution in [1.82, 2.24) is 5.32 Å². The van der Waals surface area contributed by atoms with E-state index in [1.54, 1.807) is 0 Å². The van der Waals surface area contributed by atoms with Gasteiger partial charge in [0.15, 0.2) is 0 Å². The van der Waals surface area contributed by atoms with Gasteiger partial charge in [-0.1, -0.05) is 6.42 Å². The Labute approximate surface area is 143 Å². The Morgan fingerprint density at radius 2 is 2.18 bits per heavy atom. The average molecular weight is 348 g/mol. The predicted molar refractivity (Wildman–Crippen MR) is 94.0 cm³/mol. The van der Waals surface area contributed by atoms with E-state index in [9.17, 15) is 4.79 Å². The largest absolute Gasteiger partial charge is 0.490 e. The molecule has 2 aliphatic heterocycles. The summed E-state index contributed by atoms with van der Waals surface area (Å²) in [5.74, 6) is 0.941. The normalized spacial score (nSPS) is 19.9. The van der Waals surface area contributed by atoms with Crippen molar-refractivity contribution in [2.24, 2.45) is 0 Å². The van der Waals surface area contributed by atoms with Crippen molar-refractivity contribution in [1.29, 1.82) is 0 Å². The molecule has 1 aromatic rings. The number of hydrogen-bond donors (Lipinski definition) is 2. The number of nitrogens with zero attached hydrogens (tertiary/aromatic N) is 1. The predicted octanol–water partition coefficient (Wildman–Crippen LogP) is 2.44. The van der Waals surface area contributed by atoms with Crippen molar-refractivity contribution in [3.63, 3.8) is 0 Å². The van der Waals surface area contributed by atoms with Crippen LogP contribution in [0.2, 0.25) is 0 Å². The molecule has 1 atom stereocenters. The quantitative estimate of drug-likeness (QED) is 0.862.